The van der Waals surface area contributed by atoms with Crippen LogP contribution in [-0.4, -0.2) is 29.4 Å². The van der Waals surface area contributed by atoms with E-state index in [1.54, 1.807) is 12.3 Å². The Morgan fingerprint density at radius 3 is 2.52 bits per heavy atom. The van der Waals surface area contributed by atoms with Gasteiger partial charge in [-0.05, 0) is 24.5 Å². The van der Waals surface area contributed by atoms with Gasteiger partial charge in [-0.1, -0.05) is 32.0 Å². The van der Waals surface area contributed by atoms with Crippen molar-refractivity contribution in [2.45, 2.75) is 26.3 Å². The van der Waals surface area contributed by atoms with Crippen LogP contribution in [0.15, 0.2) is 36.5 Å². The third kappa shape index (κ3) is 6.86. The standard InChI is InChI=1S/C17H22N4O2.2ClH/c1-11(2)9-13(18)17(23)20-10-15(22)21-14-7-3-5-12-6-4-8-19-16(12)14;;/h3-8,11,13H,9-10,18H2,1-2H3,(H,20,23)(H,21,22);2*1H/t13-;;/m0../s1. The number of hydrogen-bond acceptors (Lipinski definition) is 4. The first kappa shape index (κ1) is 23.1. The largest absolute Gasteiger partial charge is 0.346 e. The van der Waals surface area contributed by atoms with Gasteiger partial charge in [0.25, 0.3) is 0 Å². The van der Waals surface area contributed by atoms with Gasteiger partial charge in [0.05, 0.1) is 23.8 Å². The molecule has 0 aliphatic heterocycles. The minimum absolute atomic E-state index is 0. The molecule has 1 heterocycles. The smallest absolute Gasteiger partial charge is 0.243 e. The maximum Gasteiger partial charge on any atom is 0.243 e. The van der Waals surface area contributed by atoms with Crippen molar-refractivity contribution in [1.82, 2.24) is 10.3 Å². The second-order valence-electron chi connectivity index (χ2n) is 5.88. The van der Waals surface area contributed by atoms with Crippen molar-refractivity contribution in [3.8, 4) is 0 Å². The quantitative estimate of drug-likeness (QED) is 0.710. The highest BCUT2D eigenvalue weighted by molar-refractivity contribution is 6.01. The number of halogens is 2. The van der Waals surface area contributed by atoms with E-state index in [1.165, 1.54) is 0 Å². The van der Waals surface area contributed by atoms with Gasteiger partial charge in [0.1, 0.15) is 0 Å². The second kappa shape index (κ2) is 10.9. The Bertz CT molecular complexity index is 705. The molecule has 8 heteroatoms. The molecule has 1 aromatic carbocycles. The normalized spacial score (nSPS) is 11.2. The molecule has 0 radical (unpaired) electrons. The molecule has 0 spiro atoms. The minimum Gasteiger partial charge on any atom is -0.346 e. The zero-order chi connectivity index (χ0) is 16.8. The maximum atomic E-state index is 12.0. The molecule has 4 N–H and O–H groups in total. The summed E-state index contributed by atoms with van der Waals surface area (Å²) in [5.41, 5.74) is 7.11. The number of rotatable bonds is 6. The van der Waals surface area contributed by atoms with Gasteiger partial charge in [0.15, 0.2) is 0 Å². The van der Waals surface area contributed by atoms with Gasteiger partial charge in [-0.25, -0.2) is 0 Å². The van der Waals surface area contributed by atoms with Crippen LogP contribution in [0.25, 0.3) is 10.9 Å². The summed E-state index contributed by atoms with van der Waals surface area (Å²) in [6.45, 7) is 3.87. The molecule has 2 amide bonds. The molecule has 6 nitrogen and oxygen atoms in total. The highest BCUT2D eigenvalue weighted by Gasteiger charge is 2.16. The van der Waals surface area contributed by atoms with Crippen LogP contribution in [0, 0.1) is 5.92 Å². The van der Waals surface area contributed by atoms with Crippen molar-refractivity contribution in [2.24, 2.45) is 11.7 Å². The molecule has 2 aromatic rings. The van der Waals surface area contributed by atoms with E-state index in [2.05, 4.69) is 15.6 Å². The third-order valence-corrected chi connectivity index (χ3v) is 3.39. The van der Waals surface area contributed by atoms with Gasteiger partial charge < -0.3 is 16.4 Å². The molecular weight excluding hydrogens is 363 g/mol. The lowest BCUT2D eigenvalue weighted by Crippen LogP contribution is -2.44. The zero-order valence-corrected chi connectivity index (χ0v) is 15.8. The van der Waals surface area contributed by atoms with Crippen LogP contribution in [0.3, 0.4) is 0 Å². The van der Waals surface area contributed by atoms with Crippen LogP contribution in [0.4, 0.5) is 5.69 Å². The van der Waals surface area contributed by atoms with Crippen molar-refractivity contribution in [3.05, 3.63) is 36.5 Å². The number of nitrogens with zero attached hydrogens (tertiary/aromatic N) is 1. The van der Waals surface area contributed by atoms with Crippen molar-refractivity contribution >= 4 is 53.2 Å². The number of pyridine rings is 1. The molecule has 0 fully saturated rings. The molecule has 138 valence electrons. The van der Waals surface area contributed by atoms with Crippen LogP contribution in [0.1, 0.15) is 20.3 Å². The molecule has 0 aliphatic carbocycles. The number of carbonyl (C=O) groups excluding carboxylic acids is 2. The summed E-state index contributed by atoms with van der Waals surface area (Å²) in [6.07, 6.45) is 2.26. The van der Waals surface area contributed by atoms with Gasteiger partial charge in [-0.15, -0.1) is 24.8 Å². The summed E-state index contributed by atoms with van der Waals surface area (Å²) in [7, 11) is 0. The Balaban J connectivity index is 0.00000288. The minimum atomic E-state index is -0.595. The molecule has 0 saturated heterocycles. The number of para-hydroxylation sites is 1. The number of nitrogens with two attached hydrogens (primary N) is 1. The van der Waals surface area contributed by atoms with E-state index in [4.69, 9.17) is 5.73 Å². The summed E-state index contributed by atoms with van der Waals surface area (Å²) in [5, 5.41) is 6.26. The predicted molar refractivity (Wildman–Crippen MR) is 105 cm³/mol. The number of hydrogen-bond donors (Lipinski definition) is 3. The molecule has 2 rings (SSSR count). The molecule has 0 aliphatic rings. The summed E-state index contributed by atoms with van der Waals surface area (Å²) >= 11 is 0. The van der Waals surface area contributed by atoms with E-state index < -0.39 is 6.04 Å². The van der Waals surface area contributed by atoms with Crippen LogP contribution >= 0.6 is 24.8 Å². The van der Waals surface area contributed by atoms with Crippen LogP contribution < -0.4 is 16.4 Å². The number of amides is 2. The lowest BCUT2D eigenvalue weighted by atomic mass is 10.0. The van der Waals surface area contributed by atoms with Crippen LogP contribution in [-0.2, 0) is 9.59 Å². The summed E-state index contributed by atoms with van der Waals surface area (Å²) in [5.74, 6) is -0.301. The highest BCUT2D eigenvalue weighted by Crippen LogP contribution is 2.20. The highest BCUT2D eigenvalue weighted by atomic mass is 35.5. The van der Waals surface area contributed by atoms with E-state index in [9.17, 15) is 9.59 Å². The van der Waals surface area contributed by atoms with Gasteiger partial charge >= 0.3 is 0 Å². The van der Waals surface area contributed by atoms with E-state index >= 15 is 0 Å². The number of carbonyl (C=O) groups is 2. The maximum absolute atomic E-state index is 12.0. The number of benzene rings is 1. The third-order valence-electron chi connectivity index (χ3n) is 3.39. The van der Waals surface area contributed by atoms with Crippen LogP contribution in [0.2, 0.25) is 0 Å². The molecule has 1 aromatic heterocycles. The Labute approximate surface area is 159 Å². The lowest BCUT2D eigenvalue weighted by molar-refractivity contribution is -0.125. The topological polar surface area (TPSA) is 97.1 Å². The van der Waals surface area contributed by atoms with Gasteiger partial charge in [-0.3, -0.25) is 14.6 Å². The number of anilines is 1. The van der Waals surface area contributed by atoms with Crippen molar-refractivity contribution in [1.29, 1.82) is 0 Å². The Morgan fingerprint density at radius 2 is 1.84 bits per heavy atom. The predicted octanol–water partition coefficient (Wildman–Crippen LogP) is 2.51. The Kier molecular flexibility index (Phi) is 10.0. The molecule has 1 atom stereocenters. The first-order valence-electron chi connectivity index (χ1n) is 7.64. The summed E-state index contributed by atoms with van der Waals surface area (Å²) in [6, 6.07) is 8.71. The van der Waals surface area contributed by atoms with Crippen molar-refractivity contribution in [2.75, 3.05) is 11.9 Å². The van der Waals surface area contributed by atoms with Crippen LogP contribution in [0.5, 0.6) is 0 Å². The van der Waals surface area contributed by atoms with Gasteiger partial charge in [-0.2, -0.15) is 0 Å². The SMILES string of the molecule is CC(C)C[C@H](N)C(=O)NCC(=O)Nc1cccc2cccnc12.Cl.Cl. The number of aromatic nitrogens is 1. The first-order valence-corrected chi connectivity index (χ1v) is 7.64. The fraction of sp³-hybridized carbons (Fsp3) is 0.353. The second-order valence-corrected chi connectivity index (χ2v) is 5.88. The van der Waals surface area contributed by atoms with E-state index in [1.807, 2.05) is 38.1 Å². The first-order chi connectivity index (χ1) is 11.0. The summed E-state index contributed by atoms with van der Waals surface area (Å²) in [4.78, 5) is 28.1. The van der Waals surface area contributed by atoms with E-state index in [0.717, 1.165) is 5.39 Å². The average molecular weight is 387 g/mol. The fourth-order valence-electron chi connectivity index (χ4n) is 2.31. The molecule has 25 heavy (non-hydrogen) atoms. The molecule has 0 unspecified atom stereocenters. The van der Waals surface area contributed by atoms with Crippen molar-refractivity contribution < 1.29 is 9.59 Å². The number of fused-ring (bicyclic) bond motifs is 1. The van der Waals surface area contributed by atoms with Crippen molar-refractivity contribution in [3.63, 3.8) is 0 Å². The van der Waals surface area contributed by atoms with E-state index in [-0.39, 0.29) is 43.2 Å². The molecular formula is C17H24Cl2N4O2. The molecule has 0 bridgehead atoms. The zero-order valence-electron chi connectivity index (χ0n) is 14.2. The Hall–Kier alpha value is -1.89. The average Bonchev–Trinajstić information content (AvgIpc) is 2.52. The lowest BCUT2D eigenvalue weighted by Gasteiger charge is -2.14. The fourth-order valence-corrected chi connectivity index (χ4v) is 2.31. The van der Waals surface area contributed by atoms with Gasteiger partial charge in [0.2, 0.25) is 11.8 Å². The molecule has 0 saturated carbocycles. The number of nitrogens with one attached hydrogen (secondary N) is 2. The summed E-state index contributed by atoms with van der Waals surface area (Å²) < 4.78 is 0. The monoisotopic (exact) mass is 386 g/mol. The van der Waals surface area contributed by atoms with E-state index in [0.29, 0.717) is 23.5 Å². The Morgan fingerprint density at radius 1 is 1.16 bits per heavy atom. The van der Waals surface area contributed by atoms with Gasteiger partial charge in [0, 0.05) is 11.6 Å².